The summed E-state index contributed by atoms with van der Waals surface area (Å²) in [4.78, 5) is 23.2. The van der Waals surface area contributed by atoms with E-state index in [-0.39, 0.29) is 18.1 Å². The Hall–Kier alpha value is -2.12. The SMILES string of the molecule is Cn1ncc([N+](=O)[O-])c1N1CCNC(=O)C1. The summed E-state index contributed by atoms with van der Waals surface area (Å²) in [6, 6.07) is 0. The van der Waals surface area contributed by atoms with Gasteiger partial charge in [0.15, 0.2) is 0 Å². The zero-order valence-corrected chi connectivity index (χ0v) is 8.71. The highest BCUT2D eigenvalue weighted by molar-refractivity contribution is 5.83. The molecule has 0 radical (unpaired) electrons. The summed E-state index contributed by atoms with van der Waals surface area (Å²) in [6.45, 7) is 1.16. The highest BCUT2D eigenvalue weighted by Crippen LogP contribution is 2.26. The van der Waals surface area contributed by atoms with Crippen molar-refractivity contribution in [1.29, 1.82) is 0 Å². The van der Waals surface area contributed by atoms with E-state index >= 15 is 0 Å². The van der Waals surface area contributed by atoms with Crippen molar-refractivity contribution in [2.24, 2.45) is 7.05 Å². The molecule has 0 bridgehead atoms. The third-order valence-corrected chi connectivity index (χ3v) is 2.42. The Morgan fingerprint density at radius 3 is 3.00 bits per heavy atom. The maximum atomic E-state index is 11.2. The van der Waals surface area contributed by atoms with Crippen molar-refractivity contribution in [2.75, 3.05) is 24.5 Å². The van der Waals surface area contributed by atoms with E-state index in [2.05, 4.69) is 10.4 Å². The number of nitrogens with zero attached hydrogens (tertiary/aromatic N) is 4. The van der Waals surface area contributed by atoms with Crippen molar-refractivity contribution in [3.63, 3.8) is 0 Å². The van der Waals surface area contributed by atoms with Crippen LogP contribution in [0.1, 0.15) is 0 Å². The number of nitro groups is 1. The number of carbonyl (C=O) groups excluding carboxylic acids is 1. The minimum absolute atomic E-state index is 0.0720. The minimum atomic E-state index is -0.491. The van der Waals surface area contributed by atoms with Gasteiger partial charge in [0.1, 0.15) is 6.20 Å². The number of nitrogens with one attached hydrogen (secondary N) is 1. The Kier molecular flexibility index (Phi) is 2.47. The second-order valence-electron chi connectivity index (χ2n) is 3.51. The molecule has 2 heterocycles. The number of rotatable bonds is 2. The maximum Gasteiger partial charge on any atom is 0.331 e. The van der Waals surface area contributed by atoms with Crippen molar-refractivity contribution in [1.82, 2.24) is 15.1 Å². The number of carbonyl (C=O) groups is 1. The summed E-state index contributed by atoms with van der Waals surface area (Å²) >= 11 is 0. The van der Waals surface area contributed by atoms with Crippen LogP contribution in [0.3, 0.4) is 0 Å². The molecule has 86 valence electrons. The lowest BCUT2D eigenvalue weighted by atomic mass is 10.3. The first-order chi connectivity index (χ1) is 7.59. The van der Waals surface area contributed by atoms with Crippen LogP contribution >= 0.6 is 0 Å². The van der Waals surface area contributed by atoms with Crippen molar-refractivity contribution >= 4 is 17.4 Å². The average Bonchev–Trinajstić information content (AvgIpc) is 2.60. The first-order valence-electron chi connectivity index (χ1n) is 4.77. The van der Waals surface area contributed by atoms with Gasteiger partial charge in [0.05, 0.1) is 11.5 Å². The number of amides is 1. The van der Waals surface area contributed by atoms with E-state index in [4.69, 9.17) is 0 Å². The van der Waals surface area contributed by atoms with Crippen molar-refractivity contribution in [2.45, 2.75) is 0 Å². The van der Waals surface area contributed by atoms with Gasteiger partial charge in [-0.25, -0.2) is 4.68 Å². The van der Waals surface area contributed by atoms with Crippen molar-refractivity contribution < 1.29 is 9.72 Å². The van der Waals surface area contributed by atoms with Crippen molar-refractivity contribution in [3.8, 4) is 0 Å². The summed E-state index contributed by atoms with van der Waals surface area (Å²) in [7, 11) is 1.62. The third kappa shape index (κ3) is 1.69. The van der Waals surface area contributed by atoms with Crippen LogP contribution in [0.15, 0.2) is 6.20 Å². The Morgan fingerprint density at radius 2 is 2.38 bits per heavy atom. The Labute approximate surface area is 91.0 Å². The summed E-state index contributed by atoms with van der Waals surface area (Å²) in [6.07, 6.45) is 1.20. The maximum absolute atomic E-state index is 11.2. The predicted octanol–water partition coefficient (Wildman–Crippen LogP) is -0.736. The largest absolute Gasteiger partial charge is 0.353 e. The van der Waals surface area contributed by atoms with Crippen molar-refractivity contribution in [3.05, 3.63) is 16.3 Å². The minimum Gasteiger partial charge on any atom is -0.353 e. The molecule has 1 aliphatic rings. The van der Waals surface area contributed by atoms with Gasteiger partial charge < -0.3 is 10.2 Å². The van der Waals surface area contributed by atoms with Gasteiger partial charge in [-0.1, -0.05) is 0 Å². The lowest BCUT2D eigenvalue weighted by Gasteiger charge is -2.27. The third-order valence-electron chi connectivity index (χ3n) is 2.42. The molecule has 1 amide bonds. The van der Waals surface area contributed by atoms with Crippen LogP contribution in [0, 0.1) is 10.1 Å². The van der Waals surface area contributed by atoms with E-state index in [1.165, 1.54) is 10.9 Å². The molecule has 1 aromatic rings. The van der Waals surface area contributed by atoms with Gasteiger partial charge in [-0.05, 0) is 0 Å². The van der Waals surface area contributed by atoms with Crippen LogP contribution in [0.2, 0.25) is 0 Å². The fourth-order valence-corrected chi connectivity index (χ4v) is 1.73. The molecule has 1 saturated heterocycles. The standard InChI is InChI=1S/C8H11N5O3/c1-11-8(6(4-10-11)13(15)16)12-3-2-9-7(14)5-12/h4H,2-3,5H2,1H3,(H,9,14). The second kappa shape index (κ2) is 3.80. The normalized spacial score (nSPS) is 16.1. The van der Waals surface area contributed by atoms with Gasteiger partial charge in [0.25, 0.3) is 0 Å². The van der Waals surface area contributed by atoms with Gasteiger partial charge in [-0.2, -0.15) is 5.10 Å². The molecule has 0 saturated carbocycles. The lowest BCUT2D eigenvalue weighted by Crippen LogP contribution is -2.48. The molecule has 2 rings (SSSR count). The zero-order valence-electron chi connectivity index (χ0n) is 8.71. The van der Waals surface area contributed by atoms with Crippen LogP contribution in [0.5, 0.6) is 0 Å². The fourth-order valence-electron chi connectivity index (χ4n) is 1.73. The van der Waals surface area contributed by atoms with Crippen LogP contribution in [-0.2, 0) is 11.8 Å². The molecule has 0 aromatic carbocycles. The highest BCUT2D eigenvalue weighted by atomic mass is 16.6. The number of hydrogen-bond donors (Lipinski definition) is 1. The van der Waals surface area contributed by atoms with E-state index in [1.54, 1.807) is 11.9 Å². The van der Waals surface area contributed by atoms with E-state index in [9.17, 15) is 14.9 Å². The topological polar surface area (TPSA) is 93.3 Å². The Balaban J connectivity index is 2.34. The number of piperazine rings is 1. The molecule has 0 unspecified atom stereocenters. The molecular formula is C8H11N5O3. The lowest BCUT2D eigenvalue weighted by molar-refractivity contribution is -0.384. The van der Waals surface area contributed by atoms with E-state index in [0.29, 0.717) is 18.9 Å². The quantitative estimate of drug-likeness (QED) is 0.528. The first kappa shape index (κ1) is 10.4. The van der Waals surface area contributed by atoms with E-state index < -0.39 is 4.92 Å². The van der Waals surface area contributed by atoms with E-state index in [0.717, 1.165) is 0 Å². The predicted molar refractivity (Wildman–Crippen MR) is 55.1 cm³/mol. The van der Waals surface area contributed by atoms with Gasteiger partial charge in [0.2, 0.25) is 11.7 Å². The molecule has 8 nitrogen and oxygen atoms in total. The van der Waals surface area contributed by atoms with Crippen LogP contribution in [0.4, 0.5) is 11.5 Å². The average molecular weight is 225 g/mol. The fraction of sp³-hybridized carbons (Fsp3) is 0.500. The highest BCUT2D eigenvalue weighted by Gasteiger charge is 2.27. The molecule has 1 N–H and O–H groups in total. The zero-order chi connectivity index (χ0) is 11.7. The molecule has 1 fully saturated rings. The van der Waals surface area contributed by atoms with Gasteiger partial charge in [-0.3, -0.25) is 14.9 Å². The van der Waals surface area contributed by atoms with Crippen LogP contribution < -0.4 is 10.2 Å². The number of aromatic nitrogens is 2. The van der Waals surface area contributed by atoms with Gasteiger partial charge in [-0.15, -0.1) is 0 Å². The smallest absolute Gasteiger partial charge is 0.331 e. The summed E-state index contributed by atoms with van der Waals surface area (Å²) < 4.78 is 1.41. The number of anilines is 1. The summed E-state index contributed by atoms with van der Waals surface area (Å²) in [5, 5.41) is 17.3. The molecule has 1 aliphatic heterocycles. The first-order valence-corrected chi connectivity index (χ1v) is 4.77. The molecule has 0 atom stereocenters. The summed E-state index contributed by atoms with van der Waals surface area (Å²) in [5.41, 5.74) is -0.0720. The number of aryl methyl sites for hydroxylation is 1. The molecule has 8 heteroatoms. The molecule has 1 aromatic heterocycles. The Bertz CT molecular complexity index is 441. The molecular weight excluding hydrogens is 214 g/mol. The summed E-state index contributed by atoms with van der Waals surface area (Å²) in [5.74, 6) is 0.238. The molecule has 16 heavy (non-hydrogen) atoms. The van der Waals surface area contributed by atoms with Gasteiger partial charge >= 0.3 is 5.69 Å². The molecule has 0 spiro atoms. The van der Waals surface area contributed by atoms with Crippen LogP contribution in [-0.4, -0.2) is 40.2 Å². The molecule has 0 aliphatic carbocycles. The number of hydrogen-bond acceptors (Lipinski definition) is 5. The Morgan fingerprint density at radius 1 is 1.62 bits per heavy atom. The second-order valence-corrected chi connectivity index (χ2v) is 3.51. The van der Waals surface area contributed by atoms with Gasteiger partial charge in [0, 0.05) is 20.1 Å². The van der Waals surface area contributed by atoms with Crippen LogP contribution in [0.25, 0.3) is 0 Å². The monoisotopic (exact) mass is 225 g/mol. The van der Waals surface area contributed by atoms with E-state index in [1.807, 2.05) is 0 Å².